The molecule has 1 atom stereocenters. The molecule has 0 bridgehead atoms. The highest BCUT2D eigenvalue weighted by Crippen LogP contribution is 2.38. The van der Waals surface area contributed by atoms with E-state index >= 15 is 0 Å². The number of benzene rings is 1. The molecule has 0 aliphatic carbocycles. The molecule has 2 rings (SSSR count). The first-order valence-electron chi connectivity index (χ1n) is 6.97. The highest BCUT2D eigenvalue weighted by atomic mass is 32.3. The van der Waals surface area contributed by atoms with E-state index in [9.17, 15) is 35.1 Å². The fourth-order valence-electron chi connectivity index (χ4n) is 2.20. The van der Waals surface area contributed by atoms with E-state index < -0.39 is 38.8 Å². The van der Waals surface area contributed by atoms with Crippen LogP contribution in [0.25, 0.3) is 0 Å². The molecule has 26 heavy (non-hydrogen) atoms. The average Bonchev–Trinajstić information content (AvgIpc) is 2.71. The maximum atomic E-state index is 12.9. The molecule has 2 N–H and O–H groups in total. The fourth-order valence-corrected chi connectivity index (χ4v) is 3.47. The van der Waals surface area contributed by atoms with Gasteiger partial charge in [-0.1, -0.05) is 0 Å². The van der Waals surface area contributed by atoms with Gasteiger partial charge in [0.1, 0.15) is 5.69 Å². The Morgan fingerprint density at radius 2 is 1.50 bits per heavy atom. The van der Waals surface area contributed by atoms with Gasteiger partial charge in [-0.25, -0.2) is 0 Å². The Bertz CT molecular complexity index is 856. The van der Waals surface area contributed by atoms with Crippen molar-refractivity contribution in [2.24, 2.45) is 7.05 Å². The molecule has 0 saturated carbocycles. The predicted octanol–water partition coefficient (Wildman–Crippen LogP) is 4.43. The van der Waals surface area contributed by atoms with Crippen molar-refractivity contribution in [2.75, 3.05) is 4.72 Å². The average molecular weight is 402 g/mol. The lowest BCUT2D eigenvalue weighted by Gasteiger charge is -2.14. The fraction of sp³-hybridized carbons (Fsp3) is 0.357. The number of halogens is 6. The number of nitrogens with zero attached hydrogens (tertiary/aromatic N) is 2. The number of nitrogens with one attached hydrogen (secondary N) is 1. The first-order chi connectivity index (χ1) is 11.6. The Balaban J connectivity index is 2.59. The minimum atomic E-state index is -5.12. The monoisotopic (exact) mass is 402 g/mol. The smallest absolute Gasteiger partial charge is 0.270 e. The van der Waals surface area contributed by atoms with E-state index in [-0.39, 0.29) is 29.6 Å². The van der Waals surface area contributed by atoms with Crippen molar-refractivity contribution in [1.82, 2.24) is 9.78 Å². The van der Waals surface area contributed by atoms with Crippen LogP contribution in [0.5, 0.6) is 0 Å². The Hall–Kier alpha value is -2.08. The lowest BCUT2D eigenvalue weighted by molar-refractivity contribution is -0.143. The zero-order chi connectivity index (χ0) is 20.1. The van der Waals surface area contributed by atoms with Gasteiger partial charge >= 0.3 is 22.8 Å². The third-order valence-electron chi connectivity index (χ3n) is 3.63. The molecule has 0 aliphatic heterocycles. The van der Waals surface area contributed by atoms with Gasteiger partial charge in [0, 0.05) is 19.2 Å². The summed E-state index contributed by atoms with van der Waals surface area (Å²) in [6.45, 7) is 2.99. The maximum absolute atomic E-state index is 12.9. The summed E-state index contributed by atoms with van der Waals surface area (Å²) >= 11 is 0. The second-order valence-electron chi connectivity index (χ2n) is 5.54. The maximum Gasteiger partial charge on any atom is 0.416 e. The number of aryl methyl sites for hydroxylation is 2. The molecule has 1 unspecified atom stereocenters. The Labute approximate surface area is 145 Å². The van der Waals surface area contributed by atoms with E-state index in [1.165, 1.54) is 25.6 Å². The SMILES string of the molecule is Cc1nn(C)c(C)c1N[S+](=O)(O)c1cc(C(F)(F)F)cc(C(F)(F)F)c1. The number of aromatic nitrogens is 2. The van der Waals surface area contributed by atoms with Crippen LogP contribution in [0.3, 0.4) is 0 Å². The third-order valence-corrected chi connectivity index (χ3v) is 4.99. The van der Waals surface area contributed by atoms with Gasteiger partial charge in [-0.3, -0.25) is 4.68 Å². The highest BCUT2D eigenvalue weighted by molar-refractivity contribution is 7.99. The van der Waals surface area contributed by atoms with Crippen molar-refractivity contribution < 1.29 is 35.1 Å². The molecule has 12 heteroatoms. The summed E-state index contributed by atoms with van der Waals surface area (Å²) in [5.74, 6) is 0. The van der Waals surface area contributed by atoms with Crippen LogP contribution in [-0.4, -0.2) is 14.3 Å². The molecular formula is C14H14F6N3O2S+. The molecule has 0 amide bonds. The summed E-state index contributed by atoms with van der Waals surface area (Å²) in [4.78, 5) is -1.04. The van der Waals surface area contributed by atoms with Crippen LogP contribution in [0.1, 0.15) is 22.5 Å². The molecular weight excluding hydrogens is 388 g/mol. The van der Waals surface area contributed by atoms with Crippen molar-refractivity contribution in [1.29, 1.82) is 0 Å². The molecule has 0 aliphatic rings. The Morgan fingerprint density at radius 1 is 1.04 bits per heavy atom. The van der Waals surface area contributed by atoms with Gasteiger partial charge in [-0.15, -0.1) is 0 Å². The number of alkyl halides is 6. The van der Waals surface area contributed by atoms with Gasteiger partial charge in [0.25, 0.3) is 0 Å². The van der Waals surface area contributed by atoms with Crippen LogP contribution in [0.2, 0.25) is 0 Å². The van der Waals surface area contributed by atoms with Crippen molar-refractivity contribution in [3.05, 3.63) is 40.7 Å². The second-order valence-corrected chi connectivity index (χ2v) is 7.27. The van der Waals surface area contributed by atoms with E-state index in [4.69, 9.17) is 0 Å². The quantitative estimate of drug-likeness (QED) is 0.590. The van der Waals surface area contributed by atoms with Crippen LogP contribution in [0, 0.1) is 13.8 Å². The van der Waals surface area contributed by atoms with Gasteiger partial charge in [0.15, 0.2) is 0 Å². The van der Waals surface area contributed by atoms with Crippen molar-refractivity contribution >= 4 is 16.1 Å². The zero-order valence-corrected chi connectivity index (χ0v) is 14.5. The number of anilines is 1. The number of hydrogen-bond donors (Lipinski definition) is 2. The second kappa shape index (κ2) is 6.27. The van der Waals surface area contributed by atoms with Crippen LogP contribution >= 0.6 is 0 Å². The first kappa shape index (κ1) is 20.2. The number of hydrogen-bond acceptors (Lipinski definition) is 2. The van der Waals surface area contributed by atoms with Crippen LogP contribution in [0.15, 0.2) is 23.1 Å². The van der Waals surface area contributed by atoms with Crippen LogP contribution in [-0.2, 0) is 34.0 Å². The Kier molecular flexibility index (Phi) is 4.88. The minimum absolute atomic E-state index is 0.0472. The number of rotatable bonds is 3. The Morgan fingerprint density at radius 3 is 1.85 bits per heavy atom. The van der Waals surface area contributed by atoms with E-state index in [1.54, 1.807) is 0 Å². The largest absolute Gasteiger partial charge is 0.416 e. The summed E-state index contributed by atoms with van der Waals surface area (Å²) in [6.07, 6.45) is -10.2. The molecule has 1 aromatic heterocycles. The van der Waals surface area contributed by atoms with E-state index in [1.807, 2.05) is 0 Å². The zero-order valence-electron chi connectivity index (χ0n) is 13.7. The normalized spacial score (nSPS) is 15.0. The van der Waals surface area contributed by atoms with E-state index in [0.717, 1.165) is 0 Å². The highest BCUT2D eigenvalue weighted by Gasteiger charge is 2.42. The molecule has 1 heterocycles. The molecule has 0 radical (unpaired) electrons. The van der Waals surface area contributed by atoms with E-state index in [0.29, 0.717) is 5.69 Å². The summed E-state index contributed by atoms with van der Waals surface area (Å²) < 4.78 is 104. The molecule has 0 spiro atoms. The van der Waals surface area contributed by atoms with E-state index in [2.05, 4.69) is 9.82 Å². The first-order valence-corrected chi connectivity index (χ1v) is 8.48. The van der Waals surface area contributed by atoms with Gasteiger partial charge in [-0.05, 0) is 24.1 Å². The van der Waals surface area contributed by atoms with Gasteiger partial charge in [0.2, 0.25) is 4.90 Å². The van der Waals surface area contributed by atoms with Gasteiger partial charge < -0.3 is 0 Å². The topological polar surface area (TPSA) is 67.2 Å². The van der Waals surface area contributed by atoms with Crippen LogP contribution < -0.4 is 4.72 Å². The predicted molar refractivity (Wildman–Crippen MR) is 81.7 cm³/mol. The third kappa shape index (κ3) is 4.01. The summed E-state index contributed by atoms with van der Waals surface area (Å²) in [5.41, 5.74) is -2.66. The molecule has 0 fully saturated rings. The standard InChI is InChI=1S/C14H13F6N3O2S/c1-7-12(8(2)23(3)21-7)22-26(24,25)11-5-9(13(15,16)17)4-10(6-11)14(18,19)20/h4-6H,1-3H3,(H-,22,24,25)/p+1. The van der Waals surface area contributed by atoms with Gasteiger partial charge in [0.05, 0.1) is 22.5 Å². The van der Waals surface area contributed by atoms with Crippen LogP contribution in [0.4, 0.5) is 32.0 Å². The molecule has 2 aromatic rings. The van der Waals surface area contributed by atoms with Crippen molar-refractivity contribution in [2.45, 2.75) is 31.1 Å². The summed E-state index contributed by atoms with van der Waals surface area (Å²) in [5, 5.41) is 3.96. The molecule has 1 aromatic carbocycles. The summed E-state index contributed by atoms with van der Waals surface area (Å²) in [6, 6.07) is 0.316. The van der Waals surface area contributed by atoms with Crippen molar-refractivity contribution in [3.63, 3.8) is 0 Å². The molecule has 0 saturated heterocycles. The minimum Gasteiger partial charge on any atom is -0.270 e. The lowest BCUT2D eigenvalue weighted by Crippen LogP contribution is -2.23. The summed E-state index contributed by atoms with van der Waals surface area (Å²) in [7, 11) is -2.94. The van der Waals surface area contributed by atoms with Gasteiger partial charge in [-0.2, -0.15) is 40.7 Å². The molecule has 144 valence electrons. The molecule has 5 nitrogen and oxygen atoms in total. The van der Waals surface area contributed by atoms with Crippen molar-refractivity contribution in [3.8, 4) is 0 Å². The lowest BCUT2D eigenvalue weighted by atomic mass is 10.1.